The van der Waals surface area contributed by atoms with Crippen LogP contribution in [0.1, 0.15) is 20.9 Å². The van der Waals surface area contributed by atoms with Gasteiger partial charge in [-0.15, -0.1) is 0 Å². The molecule has 1 amide bonds. The van der Waals surface area contributed by atoms with E-state index in [2.05, 4.69) is 0 Å². The normalized spacial score (nSPS) is 10.6. The van der Waals surface area contributed by atoms with Crippen LogP contribution in [0.3, 0.4) is 0 Å². The van der Waals surface area contributed by atoms with Crippen molar-refractivity contribution < 1.29 is 28.8 Å². The molecule has 0 spiro atoms. The van der Waals surface area contributed by atoms with Crippen molar-refractivity contribution in [3.63, 3.8) is 0 Å². The predicted molar refractivity (Wildman–Crippen MR) is 94.4 cm³/mol. The van der Waals surface area contributed by atoms with Gasteiger partial charge in [0.05, 0.1) is 11.0 Å². The molecule has 0 aliphatic rings. The number of fused-ring (bicyclic) bond motifs is 1. The molecule has 27 heavy (non-hydrogen) atoms. The van der Waals surface area contributed by atoms with Crippen LogP contribution in [0.4, 0.5) is 5.69 Å². The lowest BCUT2D eigenvalue weighted by atomic mass is 10.2. The standard InChI is InChI=1S/C18H14N2O7/c1-19(2)17(21)10-4-3-5-12(6-10)26-15-7-11-8-16(18(22)23)27-14(11)9-13(15)20(24)25/h3-9H,1-2H3,(H,22,23). The molecule has 0 unspecified atom stereocenters. The van der Waals surface area contributed by atoms with Crippen molar-refractivity contribution in [2.24, 2.45) is 0 Å². The number of hydrogen-bond donors (Lipinski definition) is 1. The summed E-state index contributed by atoms with van der Waals surface area (Å²) >= 11 is 0. The minimum absolute atomic E-state index is 0.0583. The molecule has 2 aromatic carbocycles. The summed E-state index contributed by atoms with van der Waals surface area (Å²) < 4.78 is 10.7. The first-order chi connectivity index (χ1) is 12.8. The van der Waals surface area contributed by atoms with Crippen molar-refractivity contribution in [2.75, 3.05) is 14.1 Å². The lowest BCUT2D eigenvalue weighted by Gasteiger charge is -2.11. The highest BCUT2D eigenvalue weighted by Gasteiger charge is 2.21. The maximum Gasteiger partial charge on any atom is 0.371 e. The molecule has 0 radical (unpaired) electrons. The largest absolute Gasteiger partial charge is 0.475 e. The smallest absolute Gasteiger partial charge is 0.371 e. The Kier molecular flexibility index (Phi) is 4.51. The number of ether oxygens (including phenoxy) is 1. The van der Waals surface area contributed by atoms with Crippen molar-refractivity contribution in [3.8, 4) is 11.5 Å². The van der Waals surface area contributed by atoms with Gasteiger partial charge in [0, 0.05) is 25.0 Å². The quantitative estimate of drug-likeness (QED) is 0.538. The molecule has 0 aliphatic carbocycles. The van der Waals surface area contributed by atoms with Gasteiger partial charge in [-0.2, -0.15) is 0 Å². The number of carbonyl (C=O) groups is 2. The van der Waals surface area contributed by atoms with Crippen LogP contribution in [0.5, 0.6) is 11.5 Å². The number of carbonyl (C=O) groups excluding carboxylic acids is 1. The third-order valence-electron chi connectivity index (χ3n) is 3.72. The maximum atomic E-state index is 12.1. The molecule has 0 atom stereocenters. The summed E-state index contributed by atoms with van der Waals surface area (Å²) in [6.07, 6.45) is 0. The molecule has 138 valence electrons. The molecule has 0 bridgehead atoms. The van der Waals surface area contributed by atoms with Crippen LogP contribution >= 0.6 is 0 Å². The SMILES string of the molecule is CN(C)C(=O)c1cccc(Oc2cc3cc(C(=O)O)oc3cc2[N+](=O)[O-])c1. The van der Waals surface area contributed by atoms with E-state index in [-0.39, 0.29) is 28.7 Å². The minimum atomic E-state index is -1.29. The molecule has 0 saturated carbocycles. The molecule has 0 fully saturated rings. The second kappa shape index (κ2) is 6.79. The Morgan fingerprint density at radius 2 is 1.93 bits per heavy atom. The number of hydrogen-bond acceptors (Lipinski definition) is 6. The summed E-state index contributed by atoms with van der Waals surface area (Å²) in [5.74, 6) is -1.74. The molecule has 1 aromatic heterocycles. The Hall–Kier alpha value is -3.88. The van der Waals surface area contributed by atoms with E-state index in [1.807, 2.05) is 0 Å². The van der Waals surface area contributed by atoms with Crippen LogP contribution in [-0.4, -0.2) is 40.9 Å². The number of nitrogens with zero attached hydrogens (tertiary/aromatic N) is 2. The zero-order valence-electron chi connectivity index (χ0n) is 14.3. The Morgan fingerprint density at radius 1 is 1.19 bits per heavy atom. The first-order valence-corrected chi connectivity index (χ1v) is 7.71. The highest BCUT2D eigenvalue weighted by Crippen LogP contribution is 2.36. The molecule has 0 saturated heterocycles. The van der Waals surface area contributed by atoms with Crippen LogP contribution in [-0.2, 0) is 0 Å². The second-order valence-electron chi connectivity index (χ2n) is 5.86. The first-order valence-electron chi connectivity index (χ1n) is 7.71. The van der Waals surface area contributed by atoms with Gasteiger partial charge in [0.1, 0.15) is 11.3 Å². The summed E-state index contributed by atoms with van der Waals surface area (Å²) in [6, 6.07) is 9.89. The van der Waals surface area contributed by atoms with E-state index in [0.717, 1.165) is 6.07 Å². The van der Waals surface area contributed by atoms with E-state index in [0.29, 0.717) is 10.9 Å². The van der Waals surface area contributed by atoms with Crippen molar-refractivity contribution in [1.82, 2.24) is 4.90 Å². The summed E-state index contributed by atoms with van der Waals surface area (Å²) in [6.45, 7) is 0. The summed E-state index contributed by atoms with van der Waals surface area (Å²) in [4.78, 5) is 35.2. The van der Waals surface area contributed by atoms with E-state index in [1.165, 1.54) is 23.1 Å². The molecule has 9 nitrogen and oxygen atoms in total. The van der Waals surface area contributed by atoms with E-state index in [9.17, 15) is 19.7 Å². The van der Waals surface area contributed by atoms with Gasteiger partial charge in [-0.1, -0.05) is 6.07 Å². The van der Waals surface area contributed by atoms with Gasteiger partial charge in [-0.3, -0.25) is 14.9 Å². The highest BCUT2D eigenvalue weighted by atomic mass is 16.6. The average molecular weight is 370 g/mol. The summed E-state index contributed by atoms with van der Waals surface area (Å²) in [7, 11) is 3.21. The van der Waals surface area contributed by atoms with Gasteiger partial charge in [-0.05, 0) is 30.3 Å². The zero-order valence-corrected chi connectivity index (χ0v) is 14.3. The number of nitro benzene ring substituents is 1. The third kappa shape index (κ3) is 3.56. The van der Waals surface area contributed by atoms with Gasteiger partial charge in [0.15, 0.2) is 0 Å². The average Bonchev–Trinajstić information content (AvgIpc) is 3.03. The van der Waals surface area contributed by atoms with E-state index in [4.69, 9.17) is 14.3 Å². The second-order valence-corrected chi connectivity index (χ2v) is 5.86. The number of benzene rings is 2. The van der Waals surface area contributed by atoms with Crippen molar-refractivity contribution in [1.29, 1.82) is 0 Å². The van der Waals surface area contributed by atoms with Gasteiger partial charge in [0.2, 0.25) is 11.5 Å². The van der Waals surface area contributed by atoms with Gasteiger partial charge < -0.3 is 19.2 Å². The van der Waals surface area contributed by atoms with Gasteiger partial charge >= 0.3 is 11.7 Å². The molecule has 3 rings (SSSR count). The zero-order chi connectivity index (χ0) is 19.7. The monoisotopic (exact) mass is 370 g/mol. The summed E-state index contributed by atoms with van der Waals surface area (Å²) in [5.41, 5.74) is 0.0267. The van der Waals surface area contributed by atoms with Crippen molar-refractivity contribution in [3.05, 3.63) is 63.9 Å². The minimum Gasteiger partial charge on any atom is -0.475 e. The fourth-order valence-corrected chi connectivity index (χ4v) is 2.46. The third-order valence-corrected chi connectivity index (χ3v) is 3.72. The Morgan fingerprint density at radius 3 is 2.56 bits per heavy atom. The lowest BCUT2D eigenvalue weighted by Crippen LogP contribution is -2.21. The van der Waals surface area contributed by atoms with Crippen LogP contribution < -0.4 is 4.74 Å². The van der Waals surface area contributed by atoms with Crippen LogP contribution in [0.2, 0.25) is 0 Å². The number of amides is 1. The lowest BCUT2D eigenvalue weighted by molar-refractivity contribution is -0.385. The first kappa shape index (κ1) is 17.9. The molecular weight excluding hydrogens is 356 g/mol. The van der Waals surface area contributed by atoms with Crippen LogP contribution in [0, 0.1) is 10.1 Å². The van der Waals surface area contributed by atoms with Crippen molar-refractivity contribution >= 4 is 28.5 Å². The molecule has 1 N–H and O–H groups in total. The van der Waals surface area contributed by atoms with E-state index < -0.39 is 16.6 Å². The topological polar surface area (TPSA) is 123 Å². The molecule has 1 heterocycles. The van der Waals surface area contributed by atoms with Crippen LogP contribution in [0.25, 0.3) is 11.0 Å². The molecular formula is C18H14N2O7. The number of furan rings is 1. The van der Waals surface area contributed by atoms with Crippen molar-refractivity contribution in [2.45, 2.75) is 0 Å². The molecule has 0 aliphatic heterocycles. The Balaban J connectivity index is 2.04. The molecule has 9 heteroatoms. The fraction of sp³-hybridized carbons (Fsp3) is 0.111. The number of aromatic carboxylic acids is 1. The van der Waals surface area contributed by atoms with E-state index in [1.54, 1.807) is 32.3 Å². The van der Waals surface area contributed by atoms with Gasteiger partial charge in [0.25, 0.3) is 5.91 Å². The predicted octanol–water partition coefficient (Wildman–Crippen LogP) is 3.53. The number of rotatable bonds is 5. The highest BCUT2D eigenvalue weighted by molar-refractivity contribution is 5.94. The van der Waals surface area contributed by atoms with E-state index >= 15 is 0 Å². The maximum absolute atomic E-state index is 12.1. The fourth-order valence-electron chi connectivity index (χ4n) is 2.46. The molecule has 3 aromatic rings. The number of carboxylic acid groups (broad SMARTS) is 1. The number of carboxylic acids is 1. The summed E-state index contributed by atoms with van der Waals surface area (Å²) in [5, 5.41) is 20.7. The van der Waals surface area contributed by atoms with Gasteiger partial charge in [-0.25, -0.2) is 4.79 Å². The number of nitro groups is 1. The van der Waals surface area contributed by atoms with Crippen LogP contribution in [0.15, 0.2) is 46.9 Å². The Labute approximate surface area is 152 Å². The Bertz CT molecular complexity index is 1070.